The van der Waals surface area contributed by atoms with E-state index in [0.29, 0.717) is 6.54 Å². The molecule has 1 atom stereocenters. The quantitative estimate of drug-likeness (QED) is 0.758. The molecule has 3 nitrogen and oxygen atoms in total. The molecule has 5 heteroatoms. The van der Waals surface area contributed by atoms with E-state index in [1.165, 1.54) is 0 Å². The molecule has 0 radical (unpaired) electrons. The summed E-state index contributed by atoms with van der Waals surface area (Å²) >= 11 is 4.94. The summed E-state index contributed by atoms with van der Waals surface area (Å²) in [5, 5.41) is 0. The number of hydrogen-bond donors (Lipinski definition) is 0. The fourth-order valence-electron chi connectivity index (χ4n) is 1.37. The number of nitrogens with zero attached hydrogens (tertiary/aromatic N) is 2. The predicted octanol–water partition coefficient (Wildman–Crippen LogP) is 1.64. The third-order valence-corrected chi connectivity index (χ3v) is 3.68. The Morgan fingerprint density at radius 3 is 3.15 bits per heavy atom. The van der Waals surface area contributed by atoms with Crippen molar-refractivity contribution in [2.45, 2.75) is 17.8 Å². The van der Waals surface area contributed by atoms with Crippen LogP contribution in [-0.2, 0) is 11.3 Å². The summed E-state index contributed by atoms with van der Waals surface area (Å²) in [5.74, 6) is 0.202. The highest BCUT2D eigenvalue weighted by Gasteiger charge is 2.29. The van der Waals surface area contributed by atoms with E-state index >= 15 is 0 Å². The highest BCUT2D eigenvalue weighted by Crippen LogP contribution is 2.21. The van der Waals surface area contributed by atoms with Crippen LogP contribution in [0.3, 0.4) is 0 Å². The maximum atomic E-state index is 11.5. The van der Waals surface area contributed by atoms with Gasteiger partial charge in [-0.1, -0.05) is 15.9 Å². The summed E-state index contributed by atoms with van der Waals surface area (Å²) in [5.41, 5.74) is 1.79. The van der Waals surface area contributed by atoms with Crippen molar-refractivity contribution in [1.82, 2.24) is 9.88 Å². The van der Waals surface area contributed by atoms with Crippen molar-refractivity contribution < 1.29 is 4.79 Å². The molecule has 13 heavy (non-hydrogen) atoms. The minimum atomic E-state index is 0.0282. The van der Waals surface area contributed by atoms with Crippen molar-refractivity contribution in [3.8, 4) is 0 Å². The van der Waals surface area contributed by atoms with E-state index in [-0.39, 0.29) is 10.7 Å². The van der Waals surface area contributed by atoms with E-state index in [4.69, 9.17) is 0 Å². The molecule has 70 valence electrons. The van der Waals surface area contributed by atoms with Crippen LogP contribution in [0.4, 0.5) is 0 Å². The van der Waals surface area contributed by atoms with Crippen LogP contribution in [-0.4, -0.2) is 27.2 Å². The molecular weight excluding hydrogens is 252 g/mol. The molecule has 1 aromatic rings. The fourth-order valence-corrected chi connectivity index (χ4v) is 2.47. The minimum absolute atomic E-state index is 0.0282. The Kier molecular flexibility index (Phi) is 2.64. The fraction of sp³-hybridized carbons (Fsp3) is 0.500. The first-order chi connectivity index (χ1) is 6.27. The van der Waals surface area contributed by atoms with E-state index in [2.05, 4.69) is 20.9 Å². The molecule has 2 rings (SSSR count). The number of carbonyl (C=O) groups is 1. The number of halogens is 1. The van der Waals surface area contributed by atoms with Crippen LogP contribution in [0, 0.1) is 0 Å². The van der Waals surface area contributed by atoms with Gasteiger partial charge < -0.3 is 4.90 Å². The highest BCUT2D eigenvalue weighted by molar-refractivity contribution is 9.10. The van der Waals surface area contributed by atoms with E-state index in [1.807, 2.05) is 11.1 Å². The summed E-state index contributed by atoms with van der Waals surface area (Å²) in [6.45, 7) is 1.57. The molecule has 1 aliphatic rings. The van der Waals surface area contributed by atoms with Gasteiger partial charge in [0.2, 0.25) is 5.91 Å². The van der Waals surface area contributed by atoms with Gasteiger partial charge in [0, 0.05) is 17.6 Å². The molecule has 1 fully saturated rings. The van der Waals surface area contributed by atoms with Crippen LogP contribution >= 0.6 is 27.3 Å². The van der Waals surface area contributed by atoms with Crippen molar-refractivity contribution in [3.05, 3.63) is 16.6 Å². The second-order valence-corrected chi connectivity index (χ2v) is 5.06. The average molecular weight is 261 g/mol. The van der Waals surface area contributed by atoms with Gasteiger partial charge in [-0.2, -0.15) is 0 Å². The van der Waals surface area contributed by atoms with Gasteiger partial charge >= 0.3 is 0 Å². The summed E-state index contributed by atoms with van der Waals surface area (Å²) in [7, 11) is 0. The largest absolute Gasteiger partial charge is 0.336 e. The zero-order valence-electron chi connectivity index (χ0n) is 6.94. The Morgan fingerprint density at radius 1 is 1.77 bits per heavy atom. The molecule has 0 saturated carbocycles. The van der Waals surface area contributed by atoms with Crippen molar-refractivity contribution in [3.63, 3.8) is 0 Å². The predicted molar refractivity (Wildman–Crippen MR) is 54.9 cm³/mol. The van der Waals surface area contributed by atoms with Crippen LogP contribution in [0.5, 0.6) is 0 Å². The summed E-state index contributed by atoms with van der Waals surface area (Å²) in [6, 6.07) is 0. The SMILES string of the molecule is O=C1C(Br)CCN1Cc1cncs1. The van der Waals surface area contributed by atoms with E-state index in [1.54, 1.807) is 16.8 Å². The lowest BCUT2D eigenvalue weighted by atomic mass is 10.4. The number of amides is 1. The van der Waals surface area contributed by atoms with Gasteiger partial charge in [-0.25, -0.2) is 0 Å². The first-order valence-electron chi connectivity index (χ1n) is 4.07. The molecule has 0 N–H and O–H groups in total. The number of thiazole rings is 1. The second kappa shape index (κ2) is 3.75. The monoisotopic (exact) mass is 260 g/mol. The molecule has 1 aliphatic heterocycles. The minimum Gasteiger partial charge on any atom is -0.336 e. The number of likely N-dealkylation sites (tertiary alicyclic amines) is 1. The number of rotatable bonds is 2. The van der Waals surface area contributed by atoms with Crippen LogP contribution in [0.15, 0.2) is 11.7 Å². The third kappa shape index (κ3) is 1.91. The van der Waals surface area contributed by atoms with Crippen molar-refractivity contribution in [2.75, 3.05) is 6.54 Å². The molecule has 1 aromatic heterocycles. The van der Waals surface area contributed by atoms with Gasteiger partial charge in [0.1, 0.15) is 0 Å². The molecule has 0 aliphatic carbocycles. The second-order valence-electron chi connectivity index (χ2n) is 2.98. The average Bonchev–Trinajstić information content (AvgIpc) is 2.71. The Balaban J connectivity index is 2.00. The maximum absolute atomic E-state index is 11.5. The highest BCUT2D eigenvalue weighted by atomic mass is 79.9. The van der Waals surface area contributed by atoms with E-state index in [0.717, 1.165) is 17.8 Å². The number of carbonyl (C=O) groups excluding carboxylic acids is 1. The van der Waals surface area contributed by atoms with Gasteiger partial charge in [0.15, 0.2) is 0 Å². The van der Waals surface area contributed by atoms with Crippen LogP contribution in [0.25, 0.3) is 0 Å². The lowest BCUT2D eigenvalue weighted by molar-refractivity contribution is -0.127. The van der Waals surface area contributed by atoms with Gasteiger partial charge in [0.05, 0.1) is 16.9 Å². The summed E-state index contributed by atoms with van der Waals surface area (Å²) < 4.78 is 0. The standard InChI is InChI=1S/C8H9BrN2OS/c9-7-1-2-11(8(7)12)4-6-3-10-5-13-6/h3,5,7H,1-2,4H2. The first kappa shape index (κ1) is 9.15. The lowest BCUT2D eigenvalue weighted by Gasteiger charge is -2.13. The summed E-state index contributed by atoms with van der Waals surface area (Å²) in [6.07, 6.45) is 2.73. The molecular formula is C8H9BrN2OS. The van der Waals surface area contributed by atoms with Gasteiger partial charge in [-0.3, -0.25) is 9.78 Å². The van der Waals surface area contributed by atoms with Crippen LogP contribution in [0.1, 0.15) is 11.3 Å². The topological polar surface area (TPSA) is 33.2 Å². The van der Waals surface area contributed by atoms with Gasteiger partial charge in [0.25, 0.3) is 0 Å². The van der Waals surface area contributed by atoms with Crippen molar-refractivity contribution in [2.24, 2.45) is 0 Å². The molecule has 0 aromatic carbocycles. The van der Waals surface area contributed by atoms with Crippen LogP contribution < -0.4 is 0 Å². The number of aromatic nitrogens is 1. The molecule has 0 bridgehead atoms. The Hall–Kier alpha value is -0.420. The van der Waals surface area contributed by atoms with Gasteiger partial charge in [-0.15, -0.1) is 11.3 Å². The Labute approximate surface area is 88.9 Å². The Morgan fingerprint density at radius 2 is 2.62 bits per heavy atom. The van der Waals surface area contributed by atoms with Crippen LogP contribution in [0.2, 0.25) is 0 Å². The smallest absolute Gasteiger partial charge is 0.236 e. The zero-order chi connectivity index (χ0) is 9.26. The van der Waals surface area contributed by atoms with Crippen molar-refractivity contribution >= 4 is 33.2 Å². The molecule has 0 spiro atoms. The van der Waals surface area contributed by atoms with E-state index in [9.17, 15) is 4.79 Å². The number of hydrogen-bond acceptors (Lipinski definition) is 3. The molecule has 1 amide bonds. The zero-order valence-corrected chi connectivity index (χ0v) is 9.34. The normalized spacial score (nSPS) is 22.7. The molecule has 1 saturated heterocycles. The van der Waals surface area contributed by atoms with E-state index < -0.39 is 0 Å². The van der Waals surface area contributed by atoms with Gasteiger partial charge in [-0.05, 0) is 6.42 Å². The first-order valence-corrected chi connectivity index (χ1v) is 5.87. The van der Waals surface area contributed by atoms with Crippen molar-refractivity contribution in [1.29, 1.82) is 0 Å². The molecule has 1 unspecified atom stereocenters. The maximum Gasteiger partial charge on any atom is 0.236 e. The number of alkyl halides is 1. The molecule has 2 heterocycles. The Bertz CT molecular complexity index is 301. The lowest BCUT2D eigenvalue weighted by Crippen LogP contribution is -2.26. The summed E-state index contributed by atoms with van der Waals surface area (Å²) in [4.78, 5) is 18.5. The third-order valence-electron chi connectivity index (χ3n) is 2.06.